The van der Waals surface area contributed by atoms with Crippen LogP contribution < -0.4 is 5.32 Å². The molecule has 0 fully saturated rings. The first-order chi connectivity index (χ1) is 8.97. The number of halogens is 3. The number of aromatic nitrogens is 1. The Hall–Kier alpha value is -1.77. The predicted molar refractivity (Wildman–Crippen MR) is 72.9 cm³/mol. The first-order valence-electron chi connectivity index (χ1n) is 5.09. The van der Waals surface area contributed by atoms with Crippen molar-refractivity contribution in [2.75, 3.05) is 5.32 Å². The zero-order valence-corrected chi connectivity index (χ0v) is 11.5. The molecule has 0 spiro atoms. The van der Waals surface area contributed by atoms with Crippen LogP contribution >= 0.6 is 22.6 Å². The van der Waals surface area contributed by atoms with Gasteiger partial charge in [-0.05, 0) is 52.9 Å². The fourth-order valence-corrected chi connectivity index (χ4v) is 1.69. The Kier molecular flexibility index (Phi) is 3.93. The van der Waals surface area contributed by atoms with Crippen molar-refractivity contribution in [3.63, 3.8) is 0 Å². The van der Waals surface area contributed by atoms with Crippen LogP contribution in [0.5, 0.6) is 5.75 Å². The molecule has 7 heteroatoms. The van der Waals surface area contributed by atoms with Crippen LogP contribution in [0.25, 0.3) is 0 Å². The Labute approximate surface area is 120 Å². The number of rotatable bonds is 2. The van der Waals surface area contributed by atoms with E-state index >= 15 is 0 Å². The van der Waals surface area contributed by atoms with Gasteiger partial charge in [0.05, 0.1) is 9.26 Å². The highest BCUT2D eigenvalue weighted by Crippen LogP contribution is 2.21. The van der Waals surface area contributed by atoms with E-state index in [0.717, 1.165) is 12.1 Å². The number of benzene rings is 1. The molecule has 0 aliphatic rings. The van der Waals surface area contributed by atoms with Crippen LogP contribution in [0.1, 0.15) is 10.4 Å². The number of nitrogens with one attached hydrogen (secondary N) is 1. The molecule has 1 aromatic heterocycles. The van der Waals surface area contributed by atoms with Gasteiger partial charge in [-0.3, -0.25) is 4.79 Å². The monoisotopic (exact) mass is 376 g/mol. The molecule has 98 valence electrons. The van der Waals surface area contributed by atoms with E-state index in [4.69, 9.17) is 0 Å². The van der Waals surface area contributed by atoms with E-state index in [0.29, 0.717) is 3.57 Å². The molecule has 0 aliphatic carbocycles. The lowest BCUT2D eigenvalue weighted by atomic mass is 10.2. The highest BCUT2D eigenvalue weighted by Gasteiger charge is 2.12. The first-order valence-corrected chi connectivity index (χ1v) is 6.17. The van der Waals surface area contributed by atoms with Crippen LogP contribution in [-0.2, 0) is 0 Å². The fourth-order valence-electron chi connectivity index (χ4n) is 1.35. The summed E-state index contributed by atoms with van der Waals surface area (Å²) in [5.41, 5.74) is -0.0777. The number of carbonyl (C=O) groups is 1. The summed E-state index contributed by atoms with van der Waals surface area (Å²) in [6.07, 6.45) is 0. The van der Waals surface area contributed by atoms with Gasteiger partial charge in [-0.15, -0.1) is 0 Å². The Morgan fingerprint density at radius 2 is 2.00 bits per heavy atom. The Morgan fingerprint density at radius 1 is 1.26 bits per heavy atom. The van der Waals surface area contributed by atoms with Gasteiger partial charge in [-0.2, -0.15) is 13.8 Å². The van der Waals surface area contributed by atoms with Gasteiger partial charge in [-0.25, -0.2) is 0 Å². The van der Waals surface area contributed by atoms with Gasteiger partial charge in [0.25, 0.3) is 5.91 Å². The first kappa shape index (κ1) is 13.7. The average Bonchev–Trinajstić information content (AvgIpc) is 2.36. The van der Waals surface area contributed by atoms with Crippen molar-refractivity contribution in [2.24, 2.45) is 0 Å². The summed E-state index contributed by atoms with van der Waals surface area (Å²) in [6.45, 7) is 0. The Morgan fingerprint density at radius 3 is 2.63 bits per heavy atom. The second-order valence-electron chi connectivity index (χ2n) is 3.59. The van der Waals surface area contributed by atoms with E-state index in [-0.39, 0.29) is 17.0 Å². The van der Waals surface area contributed by atoms with E-state index in [1.807, 2.05) is 22.6 Å². The highest BCUT2D eigenvalue weighted by atomic mass is 127. The van der Waals surface area contributed by atoms with Gasteiger partial charge in [0.2, 0.25) is 11.9 Å². The lowest BCUT2D eigenvalue weighted by Crippen LogP contribution is -2.13. The second-order valence-corrected chi connectivity index (χ2v) is 4.75. The minimum atomic E-state index is -1.11. The van der Waals surface area contributed by atoms with Crippen LogP contribution in [0.15, 0.2) is 30.3 Å². The topological polar surface area (TPSA) is 62.2 Å². The molecule has 1 heterocycles. The van der Waals surface area contributed by atoms with Crippen LogP contribution in [0.3, 0.4) is 0 Å². The molecule has 0 radical (unpaired) electrons. The molecule has 2 rings (SSSR count). The van der Waals surface area contributed by atoms with Gasteiger partial charge in [-0.1, -0.05) is 0 Å². The quantitative estimate of drug-likeness (QED) is 0.626. The molecule has 0 aliphatic heterocycles. The number of hydrogen-bond acceptors (Lipinski definition) is 3. The normalized spacial score (nSPS) is 10.3. The SMILES string of the molecule is O=C(Nc1ccc(F)nc1F)c1ccc(I)c(O)c1. The molecule has 1 aromatic carbocycles. The standard InChI is InChI=1S/C12H7F2IN2O2/c13-10-4-3-8(11(14)17-10)16-12(19)6-1-2-7(15)9(18)5-6/h1-5,18H,(H,16,19). The third-order valence-electron chi connectivity index (χ3n) is 2.27. The van der Waals surface area contributed by atoms with Crippen molar-refractivity contribution in [1.29, 1.82) is 0 Å². The van der Waals surface area contributed by atoms with Crippen LogP contribution in [0.2, 0.25) is 0 Å². The maximum atomic E-state index is 13.3. The third-order valence-corrected chi connectivity index (χ3v) is 3.18. The number of amides is 1. The van der Waals surface area contributed by atoms with E-state index < -0.39 is 17.8 Å². The van der Waals surface area contributed by atoms with Crippen molar-refractivity contribution >= 4 is 34.2 Å². The highest BCUT2D eigenvalue weighted by molar-refractivity contribution is 14.1. The minimum Gasteiger partial charge on any atom is -0.507 e. The number of pyridine rings is 1. The summed E-state index contributed by atoms with van der Waals surface area (Å²) in [4.78, 5) is 14.8. The smallest absolute Gasteiger partial charge is 0.255 e. The van der Waals surface area contributed by atoms with Gasteiger partial charge in [0.1, 0.15) is 5.75 Å². The summed E-state index contributed by atoms with van der Waals surface area (Å²) in [5, 5.41) is 11.7. The molecule has 2 N–H and O–H groups in total. The van der Waals surface area contributed by atoms with Crippen molar-refractivity contribution in [2.45, 2.75) is 0 Å². The Balaban J connectivity index is 2.23. The number of nitrogens with zero attached hydrogens (tertiary/aromatic N) is 1. The Bertz CT molecular complexity index is 650. The van der Waals surface area contributed by atoms with Gasteiger partial charge < -0.3 is 10.4 Å². The number of hydrogen-bond donors (Lipinski definition) is 2. The summed E-state index contributed by atoms with van der Waals surface area (Å²) in [6, 6.07) is 6.29. The lowest BCUT2D eigenvalue weighted by Gasteiger charge is -2.06. The molecule has 0 saturated carbocycles. The largest absolute Gasteiger partial charge is 0.507 e. The molecule has 19 heavy (non-hydrogen) atoms. The maximum absolute atomic E-state index is 13.3. The fraction of sp³-hybridized carbons (Fsp3) is 0. The van der Waals surface area contributed by atoms with E-state index in [1.165, 1.54) is 12.1 Å². The second kappa shape index (κ2) is 5.47. The summed E-state index contributed by atoms with van der Waals surface area (Å²) >= 11 is 1.90. The van der Waals surface area contributed by atoms with Crippen LogP contribution in [0.4, 0.5) is 14.5 Å². The van der Waals surface area contributed by atoms with Gasteiger partial charge >= 0.3 is 0 Å². The van der Waals surface area contributed by atoms with Crippen molar-refractivity contribution in [3.8, 4) is 5.75 Å². The predicted octanol–water partition coefficient (Wildman–Crippen LogP) is 2.92. The molecule has 0 atom stereocenters. The summed E-state index contributed by atoms with van der Waals surface area (Å²) in [7, 11) is 0. The van der Waals surface area contributed by atoms with Gasteiger partial charge in [0, 0.05) is 5.56 Å². The third kappa shape index (κ3) is 3.16. The van der Waals surface area contributed by atoms with Crippen LogP contribution in [-0.4, -0.2) is 16.0 Å². The summed E-state index contributed by atoms with van der Waals surface area (Å²) in [5.74, 6) is -2.75. The molecule has 0 unspecified atom stereocenters. The molecular weight excluding hydrogens is 369 g/mol. The van der Waals surface area contributed by atoms with Crippen molar-refractivity contribution in [1.82, 2.24) is 4.98 Å². The zero-order chi connectivity index (χ0) is 14.0. The summed E-state index contributed by atoms with van der Waals surface area (Å²) < 4.78 is 26.4. The number of phenolic OH excluding ortho intramolecular Hbond substituents is 1. The van der Waals surface area contributed by atoms with Crippen LogP contribution in [0, 0.1) is 15.5 Å². The molecular formula is C12H7F2IN2O2. The van der Waals surface area contributed by atoms with Gasteiger partial charge in [0.15, 0.2) is 0 Å². The molecule has 1 amide bonds. The average molecular weight is 376 g/mol. The van der Waals surface area contributed by atoms with E-state index in [2.05, 4.69) is 10.3 Å². The molecule has 4 nitrogen and oxygen atoms in total. The minimum absolute atomic E-state index is 0.0500. The van der Waals surface area contributed by atoms with E-state index in [1.54, 1.807) is 6.07 Å². The van der Waals surface area contributed by atoms with Crippen molar-refractivity contribution in [3.05, 3.63) is 51.4 Å². The number of aromatic hydroxyl groups is 1. The number of carbonyl (C=O) groups excluding carboxylic acids is 1. The van der Waals surface area contributed by atoms with Crippen molar-refractivity contribution < 1.29 is 18.7 Å². The molecule has 2 aromatic rings. The molecule has 0 saturated heterocycles. The lowest BCUT2D eigenvalue weighted by molar-refractivity contribution is 0.102. The number of phenols is 1. The van der Waals surface area contributed by atoms with E-state index in [9.17, 15) is 18.7 Å². The number of anilines is 1. The maximum Gasteiger partial charge on any atom is 0.255 e. The molecule has 0 bridgehead atoms. The zero-order valence-electron chi connectivity index (χ0n) is 9.32.